The number of rotatable bonds is 2. The number of piperidine rings is 1. The first kappa shape index (κ1) is 22.7. The summed E-state index contributed by atoms with van der Waals surface area (Å²) in [4.78, 5) is 39.6. The summed E-state index contributed by atoms with van der Waals surface area (Å²) in [5.74, 6) is -0.856. The highest BCUT2D eigenvalue weighted by Crippen LogP contribution is 2.46. The van der Waals surface area contributed by atoms with Gasteiger partial charge in [-0.3, -0.25) is 19.7 Å². The maximum Gasteiger partial charge on any atom is 0.253 e. The first-order valence-electron chi connectivity index (χ1n) is 10.8. The van der Waals surface area contributed by atoms with Crippen LogP contribution in [0.4, 0.5) is 0 Å². The van der Waals surface area contributed by atoms with Crippen LogP contribution in [0.5, 0.6) is 0 Å². The van der Waals surface area contributed by atoms with Crippen molar-refractivity contribution in [2.75, 3.05) is 0 Å². The largest absolute Gasteiger partial charge is 0.292 e. The van der Waals surface area contributed by atoms with E-state index in [4.69, 9.17) is 0 Å². The molecule has 1 aliphatic heterocycles. The number of nitrogens with one attached hydrogen (secondary N) is 1. The zero-order valence-electron chi connectivity index (χ0n) is 18.0. The molecule has 1 fully saturated rings. The van der Waals surface area contributed by atoms with Crippen molar-refractivity contribution in [3.63, 3.8) is 0 Å². The number of hydrogen-bond donors (Lipinski definition) is 1. The Morgan fingerprint density at radius 1 is 0.706 bits per heavy atom. The number of hydrogen-bond acceptors (Lipinski definition) is 3. The van der Waals surface area contributed by atoms with Crippen LogP contribution in [-0.4, -0.2) is 17.6 Å². The Morgan fingerprint density at radius 3 is 1.85 bits per heavy atom. The summed E-state index contributed by atoms with van der Waals surface area (Å²) in [5, 5.41) is 2.57. The Hall–Kier alpha value is -3.09. The molecule has 34 heavy (non-hydrogen) atoms. The van der Waals surface area contributed by atoms with Gasteiger partial charge in [-0.05, 0) is 65.9 Å². The van der Waals surface area contributed by atoms with Gasteiger partial charge in [0.2, 0.25) is 5.91 Å². The molecule has 6 heteroatoms. The molecule has 0 radical (unpaired) electrons. The second kappa shape index (κ2) is 8.93. The second-order valence-electron chi connectivity index (χ2n) is 8.54. The number of fused-ring (bicyclic) bond motifs is 2. The minimum absolute atomic E-state index is 0.0905. The molecule has 1 N–H and O–H groups in total. The predicted octanol–water partition coefficient (Wildman–Crippen LogP) is 6.25. The molecule has 1 spiro atoms. The van der Waals surface area contributed by atoms with E-state index >= 15 is 0 Å². The number of halogens is 2. The molecule has 1 atom stereocenters. The fourth-order valence-electron chi connectivity index (χ4n) is 4.67. The fraction of sp³-hybridized carbons (Fsp3) is 0.107. The van der Waals surface area contributed by atoms with Crippen LogP contribution in [0.15, 0.2) is 92.9 Å². The molecular formula is C28H19Br2NO3. The van der Waals surface area contributed by atoms with E-state index in [0.29, 0.717) is 22.3 Å². The molecule has 168 valence electrons. The molecule has 1 heterocycles. The summed E-state index contributed by atoms with van der Waals surface area (Å²) in [6.45, 7) is 0. The number of Topliss-reactive ketones (excluding diaryl/α,β-unsaturated/α-hetero) is 1. The van der Waals surface area contributed by atoms with E-state index in [1.165, 1.54) is 0 Å². The first-order chi connectivity index (χ1) is 16.4. The molecule has 1 saturated heterocycles. The van der Waals surface area contributed by atoms with Crippen molar-refractivity contribution in [3.8, 4) is 0 Å². The van der Waals surface area contributed by atoms with Gasteiger partial charge in [-0.15, -0.1) is 0 Å². The molecule has 2 aliphatic rings. The van der Waals surface area contributed by atoms with E-state index in [9.17, 15) is 14.4 Å². The van der Waals surface area contributed by atoms with E-state index < -0.39 is 11.3 Å². The van der Waals surface area contributed by atoms with Crippen LogP contribution in [0.3, 0.4) is 0 Å². The molecule has 3 aromatic rings. The molecule has 2 amide bonds. The standard InChI is InChI=1S/C28H19Br2NO3/c29-21-9-5-17(6-10-21)13-19-15-28(24-4-2-1-3-23(24)25(19)32)16-20(26(33)31-27(28)34)14-18-7-11-22(30)12-8-18/h1-14H,15-16H2,(H,31,33,34)/b19-13+,20-14+. The minimum Gasteiger partial charge on any atom is -0.292 e. The van der Waals surface area contributed by atoms with Crippen molar-refractivity contribution in [1.82, 2.24) is 5.32 Å². The number of carbonyl (C=O) groups is 3. The zero-order chi connectivity index (χ0) is 23.9. The quantitative estimate of drug-likeness (QED) is 0.290. The van der Waals surface area contributed by atoms with Gasteiger partial charge in [-0.2, -0.15) is 0 Å². The van der Waals surface area contributed by atoms with Crippen LogP contribution in [0, 0.1) is 0 Å². The van der Waals surface area contributed by atoms with Crippen molar-refractivity contribution >= 4 is 61.6 Å². The summed E-state index contributed by atoms with van der Waals surface area (Å²) in [6.07, 6.45) is 4.09. The van der Waals surface area contributed by atoms with Gasteiger partial charge in [0.05, 0.1) is 5.41 Å². The molecule has 0 bridgehead atoms. The van der Waals surface area contributed by atoms with Gasteiger partial charge in [0.25, 0.3) is 5.91 Å². The highest BCUT2D eigenvalue weighted by molar-refractivity contribution is 9.10. The van der Waals surface area contributed by atoms with Crippen LogP contribution >= 0.6 is 31.9 Å². The number of benzene rings is 3. The van der Waals surface area contributed by atoms with E-state index in [1.807, 2.05) is 72.8 Å². The fourth-order valence-corrected chi connectivity index (χ4v) is 5.20. The summed E-state index contributed by atoms with van der Waals surface area (Å²) >= 11 is 6.85. The average Bonchev–Trinajstić information content (AvgIpc) is 2.83. The average molecular weight is 577 g/mol. The lowest BCUT2D eigenvalue weighted by atomic mass is 9.62. The van der Waals surface area contributed by atoms with Crippen molar-refractivity contribution < 1.29 is 14.4 Å². The Morgan fingerprint density at radius 2 is 1.24 bits per heavy atom. The Labute approximate surface area is 214 Å². The summed E-state index contributed by atoms with van der Waals surface area (Å²) in [5.41, 5.74) is 2.93. The third kappa shape index (κ3) is 4.12. The first-order valence-corrected chi connectivity index (χ1v) is 12.4. The van der Waals surface area contributed by atoms with Gasteiger partial charge in [0, 0.05) is 25.7 Å². The number of imide groups is 1. The predicted molar refractivity (Wildman–Crippen MR) is 139 cm³/mol. The molecular weight excluding hydrogens is 558 g/mol. The van der Waals surface area contributed by atoms with Gasteiger partial charge in [0.1, 0.15) is 0 Å². The topological polar surface area (TPSA) is 63.2 Å². The molecule has 0 saturated carbocycles. The lowest BCUT2D eigenvalue weighted by molar-refractivity contribution is -0.135. The molecule has 1 aliphatic carbocycles. The van der Waals surface area contributed by atoms with Gasteiger partial charge >= 0.3 is 0 Å². The van der Waals surface area contributed by atoms with Crippen LogP contribution in [0.1, 0.15) is 39.9 Å². The van der Waals surface area contributed by atoms with Crippen LogP contribution in [0.2, 0.25) is 0 Å². The van der Waals surface area contributed by atoms with Crippen LogP contribution < -0.4 is 5.32 Å². The van der Waals surface area contributed by atoms with Gasteiger partial charge < -0.3 is 0 Å². The van der Waals surface area contributed by atoms with Crippen LogP contribution in [0.25, 0.3) is 12.2 Å². The number of ketones is 1. The maximum absolute atomic E-state index is 13.4. The van der Waals surface area contributed by atoms with E-state index in [0.717, 1.165) is 20.1 Å². The highest BCUT2D eigenvalue weighted by atomic mass is 79.9. The molecule has 3 aromatic carbocycles. The van der Waals surface area contributed by atoms with E-state index in [2.05, 4.69) is 37.2 Å². The van der Waals surface area contributed by atoms with Gasteiger partial charge in [0.15, 0.2) is 5.78 Å². The molecule has 0 aromatic heterocycles. The normalized spacial score (nSPS) is 22.2. The number of allylic oxidation sites excluding steroid dienone is 1. The Bertz CT molecular complexity index is 1390. The molecule has 1 unspecified atom stereocenters. The second-order valence-corrected chi connectivity index (χ2v) is 10.4. The van der Waals surface area contributed by atoms with Crippen molar-refractivity contribution in [2.45, 2.75) is 18.3 Å². The molecule has 5 rings (SSSR count). The van der Waals surface area contributed by atoms with Crippen molar-refractivity contribution in [2.24, 2.45) is 0 Å². The third-order valence-corrected chi connectivity index (χ3v) is 7.40. The third-order valence-electron chi connectivity index (χ3n) is 6.34. The summed E-state index contributed by atoms with van der Waals surface area (Å²) in [7, 11) is 0. The Balaban J connectivity index is 1.63. The zero-order valence-corrected chi connectivity index (χ0v) is 21.1. The summed E-state index contributed by atoms with van der Waals surface area (Å²) in [6, 6.07) is 22.5. The lowest BCUT2D eigenvalue weighted by Gasteiger charge is -2.41. The smallest absolute Gasteiger partial charge is 0.253 e. The molecule has 4 nitrogen and oxygen atoms in total. The van der Waals surface area contributed by atoms with E-state index in [-0.39, 0.29) is 24.5 Å². The highest BCUT2D eigenvalue weighted by Gasteiger charge is 2.51. The monoisotopic (exact) mass is 575 g/mol. The Kier molecular flexibility index (Phi) is 5.96. The maximum atomic E-state index is 13.4. The van der Waals surface area contributed by atoms with Crippen molar-refractivity contribution in [1.29, 1.82) is 0 Å². The number of carbonyl (C=O) groups excluding carboxylic acids is 3. The van der Waals surface area contributed by atoms with Gasteiger partial charge in [-0.25, -0.2) is 0 Å². The SMILES string of the molecule is O=C1NC(=O)C2(C/C1=C\c1ccc(Br)cc1)C/C(=C\c1ccc(Br)cc1)C(=O)c1ccccc12. The minimum atomic E-state index is -1.04. The summed E-state index contributed by atoms with van der Waals surface area (Å²) < 4.78 is 1.89. The van der Waals surface area contributed by atoms with Crippen LogP contribution in [-0.2, 0) is 15.0 Å². The number of amides is 2. The van der Waals surface area contributed by atoms with Crippen molar-refractivity contribution in [3.05, 3.63) is 115 Å². The van der Waals surface area contributed by atoms with E-state index in [1.54, 1.807) is 12.1 Å². The lowest BCUT2D eigenvalue weighted by Crippen LogP contribution is -2.54. The van der Waals surface area contributed by atoms with Gasteiger partial charge in [-0.1, -0.05) is 80.4 Å².